The van der Waals surface area contributed by atoms with Crippen LogP contribution in [-0.2, 0) is 9.47 Å². The van der Waals surface area contributed by atoms with E-state index in [1.54, 1.807) is 0 Å². The van der Waals surface area contributed by atoms with Crippen LogP contribution in [0.2, 0.25) is 0 Å². The Balaban J connectivity index is 2.09. The molecule has 0 aromatic carbocycles. The summed E-state index contributed by atoms with van der Waals surface area (Å²) >= 11 is 0. The second kappa shape index (κ2) is 3.45. The minimum absolute atomic E-state index is 0.0758. The van der Waals surface area contributed by atoms with Crippen LogP contribution in [-0.4, -0.2) is 24.4 Å². The molecule has 0 radical (unpaired) electrons. The fraction of sp³-hybridized carbons (Fsp3) is 0.556. The summed E-state index contributed by atoms with van der Waals surface area (Å²) in [6.45, 7) is 0. The molecular formula is C9H12N2O4. The number of rotatable bonds is 2. The molecule has 0 spiro atoms. The number of ether oxygens (including phenoxy) is 2. The minimum Gasteiger partial charge on any atom is -0.442 e. The monoisotopic (exact) mass is 212 g/mol. The molecule has 15 heavy (non-hydrogen) atoms. The van der Waals surface area contributed by atoms with Crippen molar-refractivity contribution in [3.05, 3.63) is 12.2 Å². The zero-order valence-corrected chi connectivity index (χ0v) is 7.96. The van der Waals surface area contributed by atoms with Crippen molar-refractivity contribution in [2.75, 3.05) is 0 Å². The number of amides is 2. The number of primary amides is 2. The van der Waals surface area contributed by atoms with E-state index >= 15 is 0 Å². The van der Waals surface area contributed by atoms with Gasteiger partial charge < -0.3 is 20.9 Å². The third-order valence-electron chi connectivity index (χ3n) is 2.82. The van der Waals surface area contributed by atoms with Crippen molar-refractivity contribution >= 4 is 12.2 Å². The van der Waals surface area contributed by atoms with Gasteiger partial charge in [-0.25, -0.2) is 9.59 Å². The second-order valence-corrected chi connectivity index (χ2v) is 3.75. The topological polar surface area (TPSA) is 105 Å². The van der Waals surface area contributed by atoms with Crippen LogP contribution in [0.4, 0.5) is 9.59 Å². The maximum Gasteiger partial charge on any atom is 0.404 e. The van der Waals surface area contributed by atoms with Gasteiger partial charge in [0.1, 0.15) is 12.2 Å². The van der Waals surface area contributed by atoms with Crippen molar-refractivity contribution in [2.24, 2.45) is 23.3 Å². The Bertz CT molecular complexity index is 298. The SMILES string of the molecule is NC(=O)OC1C2C=CC(C2)C1OC(N)=O. The maximum atomic E-state index is 10.7. The van der Waals surface area contributed by atoms with Crippen molar-refractivity contribution in [3.8, 4) is 0 Å². The van der Waals surface area contributed by atoms with E-state index in [0.717, 1.165) is 6.42 Å². The summed E-state index contributed by atoms with van der Waals surface area (Å²) in [6.07, 6.45) is 1.97. The van der Waals surface area contributed by atoms with E-state index in [4.69, 9.17) is 20.9 Å². The third kappa shape index (κ3) is 1.74. The van der Waals surface area contributed by atoms with Gasteiger partial charge in [-0.05, 0) is 6.42 Å². The van der Waals surface area contributed by atoms with Gasteiger partial charge in [0, 0.05) is 11.8 Å². The number of carbonyl (C=O) groups is 2. The highest BCUT2D eigenvalue weighted by molar-refractivity contribution is 5.66. The highest BCUT2D eigenvalue weighted by atomic mass is 16.6. The smallest absolute Gasteiger partial charge is 0.404 e. The molecule has 2 rings (SSSR count). The zero-order chi connectivity index (χ0) is 11.0. The number of fused-ring (bicyclic) bond motifs is 2. The van der Waals surface area contributed by atoms with Crippen molar-refractivity contribution in [3.63, 3.8) is 0 Å². The average molecular weight is 212 g/mol. The summed E-state index contributed by atoms with van der Waals surface area (Å²) in [5, 5.41) is 0. The van der Waals surface area contributed by atoms with Gasteiger partial charge in [-0.2, -0.15) is 0 Å². The lowest BCUT2D eigenvalue weighted by molar-refractivity contribution is -0.00839. The van der Waals surface area contributed by atoms with Crippen LogP contribution in [0.15, 0.2) is 12.2 Å². The van der Waals surface area contributed by atoms with Crippen molar-refractivity contribution in [1.82, 2.24) is 0 Å². The highest BCUT2D eigenvalue weighted by Gasteiger charge is 2.49. The van der Waals surface area contributed by atoms with Gasteiger partial charge >= 0.3 is 12.2 Å². The van der Waals surface area contributed by atoms with E-state index in [-0.39, 0.29) is 11.8 Å². The molecule has 6 heteroatoms. The fourth-order valence-electron chi connectivity index (χ4n) is 2.31. The van der Waals surface area contributed by atoms with Crippen LogP contribution >= 0.6 is 0 Å². The molecule has 2 aliphatic rings. The molecule has 0 heterocycles. The lowest BCUT2D eigenvalue weighted by Crippen LogP contribution is -2.40. The van der Waals surface area contributed by atoms with Gasteiger partial charge in [-0.3, -0.25) is 0 Å². The molecule has 2 aliphatic carbocycles. The molecule has 2 amide bonds. The number of carbonyl (C=O) groups excluding carboxylic acids is 2. The standard InChI is InChI=1S/C9H12N2O4/c10-8(12)14-6-4-1-2-5(3-4)7(6)15-9(11)13/h1-2,4-7H,3H2,(H2,10,12)(H2,11,13). The lowest BCUT2D eigenvalue weighted by atomic mass is 10.0. The Kier molecular flexibility index (Phi) is 2.26. The molecule has 4 N–H and O–H groups in total. The van der Waals surface area contributed by atoms with Crippen LogP contribution < -0.4 is 11.5 Å². The Morgan fingerprint density at radius 2 is 1.40 bits per heavy atom. The average Bonchev–Trinajstić information content (AvgIpc) is 2.67. The van der Waals surface area contributed by atoms with Gasteiger partial charge in [0.25, 0.3) is 0 Å². The van der Waals surface area contributed by atoms with E-state index in [0.29, 0.717) is 0 Å². The zero-order valence-electron chi connectivity index (χ0n) is 7.96. The van der Waals surface area contributed by atoms with Gasteiger partial charge in [0.15, 0.2) is 0 Å². The van der Waals surface area contributed by atoms with Gasteiger partial charge in [-0.15, -0.1) is 0 Å². The van der Waals surface area contributed by atoms with Gasteiger partial charge in [0.05, 0.1) is 0 Å². The normalized spacial score (nSPS) is 36.5. The molecule has 2 bridgehead atoms. The molecule has 6 nitrogen and oxygen atoms in total. The first-order valence-corrected chi connectivity index (χ1v) is 4.68. The summed E-state index contributed by atoms with van der Waals surface area (Å²) in [4.78, 5) is 21.3. The van der Waals surface area contributed by atoms with Crippen molar-refractivity contribution < 1.29 is 19.1 Å². The molecule has 1 fully saturated rings. The number of hydrogen-bond acceptors (Lipinski definition) is 4. The predicted octanol–water partition coefficient (Wildman–Crippen LogP) is 0.120. The predicted molar refractivity (Wildman–Crippen MR) is 49.6 cm³/mol. The Hall–Kier alpha value is -1.72. The summed E-state index contributed by atoms with van der Waals surface area (Å²) in [5.41, 5.74) is 9.88. The van der Waals surface area contributed by atoms with E-state index in [2.05, 4.69) is 0 Å². The van der Waals surface area contributed by atoms with Crippen LogP contribution in [0.25, 0.3) is 0 Å². The molecule has 82 valence electrons. The lowest BCUT2D eigenvalue weighted by Gasteiger charge is -2.26. The molecular weight excluding hydrogens is 200 g/mol. The third-order valence-corrected chi connectivity index (χ3v) is 2.82. The molecule has 4 unspecified atom stereocenters. The summed E-state index contributed by atoms with van der Waals surface area (Å²) in [5.74, 6) is 0.152. The first-order chi connectivity index (χ1) is 7.08. The van der Waals surface area contributed by atoms with E-state index in [1.807, 2.05) is 12.2 Å². The van der Waals surface area contributed by atoms with E-state index in [1.165, 1.54) is 0 Å². The van der Waals surface area contributed by atoms with Gasteiger partial charge in [-0.1, -0.05) is 12.2 Å². The number of nitrogens with two attached hydrogens (primary N) is 2. The first kappa shape index (κ1) is 9.82. The maximum absolute atomic E-state index is 10.7. The minimum atomic E-state index is -0.862. The Morgan fingerprint density at radius 3 is 1.73 bits per heavy atom. The Morgan fingerprint density at radius 1 is 1.00 bits per heavy atom. The Labute approximate surface area is 86.2 Å². The summed E-state index contributed by atoms with van der Waals surface area (Å²) in [6, 6.07) is 0. The first-order valence-electron chi connectivity index (χ1n) is 4.68. The second-order valence-electron chi connectivity index (χ2n) is 3.75. The molecule has 1 saturated carbocycles. The molecule has 0 aromatic rings. The van der Waals surface area contributed by atoms with E-state index < -0.39 is 24.4 Å². The molecule has 0 aliphatic heterocycles. The van der Waals surface area contributed by atoms with Crippen molar-refractivity contribution in [1.29, 1.82) is 0 Å². The summed E-state index contributed by atoms with van der Waals surface area (Å²) in [7, 11) is 0. The summed E-state index contributed by atoms with van der Waals surface area (Å²) < 4.78 is 9.83. The van der Waals surface area contributed by atoms with E-state index in [9.17, 15) is 9.59 Å². The number of hydrogen-bond donors (Lipinski definition) is 2. The quantitative estimate of drug-likeness (QED) is 0.634. The van der Waals surface area contributed by atoms with Crippen LogP contribution in [0, 0.1) is 11.8 Å². The van der Waals surface area contributed by atoms with Crippen LogP contribution in [0.1, 0.15) is 6.42 Å². The fourth-order valence-corrected chi connectivity index (χ4v) is 2.31. The highest BCUT2D eigenvalue weighted by Crippen LogP contribution is 2.42. The van der Waals surface area contributed by atoms with Gasteiger partial charge in [0.2, 0.25) is 0 Å². The molecule has 0 saturated heterocycles. The molecule has 0 aromatic heterocycles. The largest absolute Gasteiger partial charge is 0.442 e. The van der Waals surface area contributed by atoms with Crippen LogP contribution in [0.3, 0.4) is 0 Å². The van der Waals surface area contributed by atoms with Crippen molar-refractivity contribution in [2.45, 2.75) is 18.6 Å². The van der Waals surface area contributed by atoms with Crippen LogP contribution in [0.5, 0.6) is 0 Å². The molecule has 4 atom stereocenters.